The quantitative estimate of drug-likeness (QED) is 0.300. The Hall–Kier alpha value is 1.12. The van der Waals surface area contributed by atoms with Crippen molar-refractivity contribution >= 4 is 95.6 Å². The SMILES string of the molecule is Brc1cc(Br)c(O[13c]2[13cH][13c](Br)[13c](Br)[13cH][13c]2Br)cc1Br. The number of rotatable bonds is 2. The predicted octanol–water partition coefficient (Wildman–Crippen LogP) is 8.05. The summed E-state index contributed by atoms with van der Waals surface area (Å²) in [4.78, 5) is 0. The third-order valence-corrected chi connectivity index (χ3v) is 7.10. The van der Waals surface area contributed by atoms with Crippen LogP contribution in [0.4, 0.5) is 0 Å². The van der Waals surface area contributed by atoms with Crippen molar-refractivity contribution in [2.24, 2.45) is 0 Å². The summed E-state index contributed by atoms with van der Waals surface area (Å²) in [5.74, 6) is 1.45. The summed E-state index contributed by atoms with van der Waals surface area (Å²) < 4.78 is 11.4. The van der Waals surface area contributed by atoms with E-state index in [1.165, 1.54) is 0 Å². The third kappa shape index (κ3) is 4.07. The highest BCUT2D eigenvalue weighted by Crippen LogP contribution is 2.41. The number of ether oxygens (including phenoxy) is 1. The zero-order chi connectivity index (χ0) is 14.2. The number of halogens is 6. The third-order valence-electron chi connectivity index (χ3n) is 2.17. The van der Waals surface area contributed by atoms with Crippen LogP contribution in [-0.2, 0) is 0 Å². The zero-order valence-electron chi connectivity index (χ0n) is 8.99. The molecule has 1 nitrogen and oxygen atoms in total. The largest absolute Gasteiger partial charge is 0.455 e. The molecule has 2 rings (SSSR count). The Morgan fingerprint density at radius 2 is 0.789 bits per heavy atom. The van der Waals surface area contributed by atoms with Crippen molar-refractivity contribution in [2.45, 2.75) is 0 Å². The van der Waals surface area contributed by atoms with E-state index in [4.69, 9.17) is 4.74 Å². The molecular weight excluding hydrogens is 646 g/mol. The predicted molar refractivity (Wildman–Crippen MR) is 99.2 cm³/mol. The minimum absolute atomic E-state index is 0.727. The molecule has 0 saturated carbocycles. The average molecular weight is 650 g/mol. The van der Waals surface area contributed by atoms with E-state index in [1.54, 1.807) is 0 Å². The molecule has 0 bridgehead atoms. The van der Waals surface area contributed by atoms with E-state index in [2.05, 4.69) is 95.6 Å². The van der Waals surface area contributed by atoms with Gasteiger partial charge in [0.05, 0.1) is 8.95 Å². The Morgan fingerprint density at radius 1 is 0.474 bits per heavy atom. The van der Waals surface area contributed by atoms with Crippen molar-refractivity contribution in [1.82, 2.24) is 0 Å². The average Bonchev–Trinajstić information content (AvgIpc) is 2.32. The molecule has 0 fully saturated rings. The lowest BCUT2D eigenvalue weighted by Crippen LogP contribution is -1.88. The van der Waals surface area contributed by atoms with Crippen LogP contribution in [0.1, 0.15) is 0 Å². The van der Waals surface area contributed by atoms with Crippen molar-refractivity contribution in [1.29, 1.82) is 0 Å². The minimum atomic E-state index is 0.727. The summed E-state index contributed by atoms with van der Waals surface area (Å²) in [5, 5.41) is 0. The topological polar surface area (TPSA) is 9.23 Å². The van der Waals surface area contributed by atoms with Gasteiger partial charge in [-0.2, -0.15) is 0 Å². The number of hydrogen-bond donors (Lipinski definition) is 0. The highest BCUT2D eigenvalue weighted by Gasteiger charge is 2.11. The fraction of sp³-hybridized carbons (Fsp3) is 0. The molecule has 0 atom stereocenters. The van der Waals surface area contributed by atoms with Crippen LogP contribution in [-0.4, -0.2) is 0 Å². The second kappa shape index (κ2) is 6.92. The molecule has 0 radical (unpaired) electrons. The van der Waals surface area contributed by atoms with Crippen LogP contribution in [0, 0.1) is 0 Å². The molecule has 0 saturated heterocycles. The molecule has 0 N–H and O–H groups in total. The summed E-state index contributed by atoms with van der Waals surface area (Å²) >= 11 is 20.8. The molecule has 2 aromatic rings. The molecule has 19 heavy (non-hydrogen) atoms. The molecule has 7 heteroatoms. The maximum absolute atomic E-state index is 5.92. The summed E-state index contributed by atoms with van der Waals surface area (Å²) in [5.41, 5.74) is 0. The van der Waals surface area contributed by atoms with Gasteiger partial charge < -0.3 is 4.74 Å². The Bertz CT molecular complexity index is 585. The van der Waals surface area contributed by atoms with Gasteiger partial charge in [0.15, 0.2) is 0 Å². The second-order valence-electron chi connectivity index (χ2n) is 3.50. The molecule has 0 unspecified atom stereocenters. The van der Waals surface area contributed by atoms with Gasteiger partial charge in [0, 0.05) is 17.9 Å². The Labute approximate surface area is 161 Å². The van der Waals surface area contributed by atoms with Crippen molar-refractivity contribution in [3.8, 4) is 11.5 Å². The van der Waals surface area contributed by atoms with Gasteiger partial charge in [-0.15, -0.1) is 0 Å². The minimum Gasteiger partial charge on any atom is -0.455 e. The number of hydrogen-bond acceptors (Lipinski definition) is 1. The van der Waals surface area contributed by atoms with Gasteiger partial charge in [-0.25, -0.2) is 0 Å². The van der Waals surface area contributed by atoms with Crippen LogP contribution < -0.4 is 4.74 Å². The lowest BCUT2D eigenvalue weighted by Gasteiger charge is -2.12. The molecule has 0 aliphatic carbocycles. The summed E-state index contributed by atoms with van der Waals surface area (Å²) in [6.07, 6.45) is 0. The first-order valence-corrected chi connectivity index (χ1v) is 9.61. The van der Waals surface area contributed by atoms with Crippen LogP contribution >= 0.6 is 95.6 Å². The van der Waals surface area contributed by atoms with E-state index in [-0.39, 0.29) is 0 Å². The maximum atomic E-state index is 5.92. The Morgan fingerprint density at radius 3 is 1.16 bits per heavy atom. The molecule has 0 heterocycles. The molecule has 2 aromatic carbocycles. The monoisotopic (exact) mass is 644 g/mol. The molecule has 0 aliphatic rings. The van der Waals surface area contributed by atoms with Crippen LogP contribution in [0.15, 0.2) is 51.1 Å². The van der Waals surface area contributed by atoms with Gasteiger partial charge in [-0.1, -0.05) is 0 Å². The van der Waals surface area contributed by atoms with Crippen molar-refractivity contribution in [2.75, 3.05) is 0 Å². The first-order valence-electron chi connectivity index (χ1n) is 4.85. The van der Waals surface area contributed by atoms with Gasteiger partial charge in [0.25, 0.3) is 0 Å². The molecular formula is C12H4Br6O. The van der Waals surface area contributed by atoms with Gasteiger partial charge in [-0.3, -0.25) is 0 Å². The highest BCUT2D eigenvalue weighted by molar-refractivity contribution is 9.13. The van der Waals surface area contributed by atoms with E-state index >= 15 is 0 Å². The Balaban J connectivity index is 2.42. The van der Waals surface area contributed by atoms with Crippen LogP contribution in [0.25, 0.3) is 0 Å². The number of benzene rings is 2. The molecule has 0 aromatic heterocycles. The highest BCUT2D eigenvalue weighted by atomic mass is 79.9. The van der Waals surface area contributed by atoms with Gasteiger partial charge in [-0.05, 0) is 120 Å². The smallest absolute Gasteiger partial charge is 0.142 e. The zero-order valence-corrected chi connectivity index (χ0v) is 18.5. The van der Waals surface area contributed by atoms with Gasteiger partial charge in [0.1, 0.15) is 11.5 Å². The molecule has 0 aliphatic heterocycles. The van der Waals surface area contributed by atoms with E-state index in [0.29, 0.717) is 0 Å². The first kappa shape index (κ1) is 16.5. The standard InChI is InChI=1S/C12H4Br6O/c13-5-1-9(17)11(3-7(5)15)19-12-4-8(16)6(14)2-10(12)18/h1-4H/i1+1,3+1,5+1,7+1,9+1,11+1. The van der Waals surface area contributed by atoms with E-state index in [9.17, 15) is 0 Å². The van der Waals surface area contributed by atoms with Crippen molar-refractivity contribution < 1.29 is 4.74 Å². The van der Waals surface area contributed by atoms with Crippen molar-refractivity contribution in [3.05, 3.63) is 51.1 Å². The fourth-order valence-electron chi connectivity index (χ4n) is 1.28. The molecule has 0 spiro atoms. The van der Waals surface area contributed by atoms with Gasteiger partial charge in [0.2, 0.25) is 0 Å². The summed E-state index contributed by atoms with van der Waals surface area (Å²) in [6, 6.07) is 7.66. The summed E-state index contributed by atoms with van der Waals surface area (Å²) in [6.45, 7) is 0. The second-order valence-corrected chi connectivity index (χ2v) is 8.62. The van der Waals surface area contributed by atoms with E-state index < -0.39 is 0 Å². The van der Waals surface area contributed by atoms with E-state index in [0.717, 1.165) is 38.3 Å². The Kier molecular flexibility index (Phi) is 6.01. The molecule has 100 valence electrons. The molecule has 0 amide bonds. The van der Waals surface area contributed by atoms with Gasteiger partial charge >= 0.3 is 0 Å². The van der Waals surface area contributed by atoms with Crippen LogP contribution in [0.5, 0.6) is 11.5 Å². The lowest BCUT2D eigenvalue weighted by molar-refractivity contribution is 0.475. The summed E-state index contributed by atoms with van der Waals surface area (Å²) in [7, 11) is 0. The maximum Gasteiger partial charge on any atom is 0.142 e. The normalized spacial score (nSPS) is 10.6. The van der Waals surface area contributed by atoms with Crippen LogP contribution in [0.2, 0.25) is 0 Å². The van der Waals surface area contributed by atoms with Crippen LogP contribution in [0.3, 0.4) is 0 Å². The fourth-order valence-corrected chi connectivity index (χ4v) is 4.08. The van der Waals surface area contributed by atoms with E-state index in [1.807, 2.05) is 24.3 Å². The van der Waals surface area contributed by atoms with Crippen molar-refractivity contribution in [3.63, 3.8) is 0 Å². The first-order chi connectivity index (χ1) is 8.88. The lowest BCUT2D eigenvalue weighted by atomic mass is 10.3.